The van der Waals surface area contributed by atoms with Crippen molar-refractivity contribution in [1.82, 2.24) is 19.7 Å². The summed E-state index contributed by atoms with van der Waals surface area (Å²) in [7, 11) is 3.24. The zero-order valence-electron chi connectivity index (χ0n) is 16.5. The molecule has 1 N–H and O–H groups in total. The minimum absolute atomic E-state index is 0.0573. The van der Waals surface area contributed by atoms with Gasteiger partial charge in [-0.15, -0.1) is 0 Å². The maximum atomic E-state index is 13.1. The fourth-order valence-corrected chi connectivity index (χ4v) is 3.15. The number of hydrogen-bond donors (Lipinski definition) is 1. The van der Waals surface area contributed by atoms with Gasteiger partial charge >= 0.3 is 0 Å². The molecular weight excluding hydrogens is 388 g/mol. The summed E-state index contributed by atoms with van der Waals surface area (Å²) in [4.78, 5) is 14.9. The minimum Gasteiger partial charge on any atom is -0.497 e. The molecule has 29 heavy (non-hydrogen) atoms. The number of amides is 1. The van der Waals surface area contributed by atoms with Crippen LogP contribution in [0.4, 0.5) is 0 Å². The second-order valence-corrected chi connectivity index (χ2v) is 6.85. The van der Waals surface area contributed by atoms with E-state index in [1.165, 1.54) is 0 Å². The first-order valence-corrected chi connectivity index (χ1v) is 9.63. The van der Waals surface area contributed by atoms with Crippen LogP contribution in [-0.4, -0.2) is 52.9 Å². The smallest absolute Gasteiger partial charge is 0.243 e. The van der Waals surface area contributed by atoms with Crippen LogP contribution in [0.5, 0.6) is 5.75 Å². The van der Waals surface area contributed by atoms with Crippen LogP contribution in [0.3, 0.4) is 0 Å². The van der Waals surface area contributed by atoms with Gasteiger partial charge in [0.05, 0.1) is 13.7 Å². The van der Waals surface area contributed by atoms with Crippen molar-refractivity contribution in [3.63, 3.8) is 0 Å². The van der Waals surface area contributed by atoms with Gasteiger partial charge in [0, 0.05) is 25.8 Å². The number of aromatic amines is 1. The van der Waals surface area contributed by atoms with Gasteiger partial charge in [-0.1, -0.05) is 30.3 Å². The average molecular weight is 413 g/mol. The Morgan fingerprint density at radius 3 is 2.52 bits per heavy atom. The Balaban J connectivity index is 1.82. The Hall–Kier alpha value is -2.97. The normalized spacial score (nSPS) is 10.7. The molecule has 7 nitrogen and oxygen atoms in total. The molecule has 152 valence electrons. The first-order chi connectivity index (χ1) is 14.1. The summed E-state index contributed by atoms with van der Waals surface area (Å²) in [6.07, 6.45) is 0. The van der Waals surface area contributed by atoms with E-state index in [0.717, 1.165) is 16.9 Å². The Morgan fingerprint density at radius 1 is 1.14 bits per heavy atom. The number of benzene rings is 2. The van der Waals surface area contributed by atoms with E-state index >= 15 is 0 Å². The Kier molecular flexibility index (Phi) is 7.15. The van der Waals surface area contributed by atoms with Crippen molar-refractivity contribution in [3.05, 3.63) is 64.9 Å². The Labute approximate surface area is 174 Å². The SMILES string of the molecule is COCCN(Cc1ccccc1)C(=O)Cn1c(-c2ccc(OC)cc2)n[nH]c1=S. The summed E-state index contributed by atoms with van der Waals surface area (Å²) in [6.45, 7) is 1.55. The second kappa shape index (κ2) is 9.99. The first kappa shape index (κ1) is 20.8. The maximum absolute atomic E-state index is 13.1. The molecule has 0 aliphatic heterocycles. The number of carbonyl (C=O) groups excluding carboxylic acids is 1. The van der Waals surface area contributed by atoms with E-state index in [1.54, 1.807) is 23.7 Å². The van der Waals surface area contributed by atoms with E-state index in [4.69, 9.17) is 21.7 Å². The van der Waals surface area contributed by atoms with Gasteiger partial charge in [0.1, 0.15) is 12.3 Å². The van der Waals surface area contributed by atoms with E-state index in [0.29, 0.717) is 30.3 Å². The molecule has 1 amide bonds. The van der Waals surface area contributed by atoms with Gasteiger partial charge < -0.3 is 14.4 Å². The topological polar surface area (TPSA) is 72.4 Å². The number of methoxy groups -OCH3 is 2. The summed E-state index contributed by atoms with van der Waals surface area (Å²) in [5.41, 5.74) is 1.90. The highest BCUT2D eigenvalue weighted by molar-refractivity contribution is 7.71. The molecule has 0 radical (unpaired) electrons. The lowest BCUT2D eigenvalue weighted by molar-refractivity contribution is -0.133. The highest BCUT2D eigenvalue weighted by Gasteiger charge is 2.18. The van der Waals surface area contributed by atoms with Crippen molar-refractivity contribution >= 4 is 18.1 Å². The standard InChI is InChI=1S/C21H24N4O3S/c1-27-13-12-24(14-16-6-4-3-5-7-16)19(26)15-25-20(22-23-21(25)29)17-8-10-18(28-2)11-9-17/h3-11H,12-15H2,1-2H3,(H,23,29). The molecular formula is C21H24N4O3S. The summed E-state index contributed by atoms with van der Waals surface area (Å²) < 4.78 is 12.5. The fourth-order valence-electron chi connectivity index (χ4n) is 2.96. The van der Waals surface area contributed by atoms with E-state index in [-0.39, 0.29) is 12.5 Å². The summed E-state index contributed by atoms with van der Waals surface area (Å²) in [6, 6.07) is 17.3. The number of hydrogen-bond acceptors (Lipinski definition) is 5. The van der Waals surface area contributed by atoms with Gasteiger partial charge in [0.25, 0.3) is 0 Å². The lowest BCUT2D eigenvalue weighted by Gasteiger charge is -2.23. The van der Waals surface area contributed by atoms with Gasteiger partial charge in [-0.3, -0.25) is 14.5 Å². The zero-order chi connectivity index (χ0) is 20.6. The summed E-state index contributed by atoms with van der Waals surface area (Å²) in [5.74, 6) is 1.30. The maximum Gasteiger partial charge on any atom is 0.243 e. The fraction of sp³-hybridized carbons (Fsp3) is 0.286. The van der Waals surface area contributed by atoms with Crippen molar-refractivity contribution in [2.75, 3.05) is 27.4 Å². The molecule has 0 saturated carbocycles. The van der Waals surface area contributed by atoms with Gasteiger partial charge in [-0.05, 0) is 42.0 Å². The largest absolute Gasteiger partial charge is 0.497 e. The lowest BCUT2D eigenvalue weighted by atomic mass is 10.2. The Morgan fingerprint density at radius 2 is 1.86 bits per heavy atom. The highest BCUT2D eigenvalue weighted by atomic mass is 32.1. The zero-order valence-corrected chi connectivity index (χ0v) is 17.3. The highest BCUT2D eigenvalue weighted by Crippen LogP contribution is 2.21. The Bertz CT molecular complexity index is 983. The molecule has 3 aromatic rings. The second-order valence-electron chi connectivity index (χ2n) is 6.46. The van der Waals surface area contributed by atoms with Crippen LogP contribution in [0.1, 0.15) is 5.56 Å². The lowest BCUT2D eigenvalue weighted by Crippen LogP contribution is -2.36. The van der Waals surface area contributed by atoms with E-state index in [2.05, 4.69) is 10.2 Å². The molecule has 0 unspecified atom stereocenters. The van der Waals surface area contributed by atoms with Crippen LogP contribution in [0.15, 0.2) is 54.6 Å². The monoisotopic (exact) mass is 412 g/mol. The van der Waals surface area contributed by atoms with Crippen LogP contribution in [0.2, 0.25) is 0 Å². The van der Waals surface area contributed by atoms with E-state index < -0.39 is 0 Å². The molecule has 8 heteroatoms. The molecule has 0 fully saturated rings. The number of carbonyl (C=O) groups is 1. The number of ether oxygens (including phenoxy) is 2. The van der Waals surface area contributed by atoms with Crippen LogP contribution >= 0.6 is 12.2 Å². The van der Waals surface area contributed by atoms with Gasteiger partial charge in [-0.2, -0.15) is 5.10 Å². The number of nitrogens with one attached hydrogen (secondary N) is 1. The third-order valence-electron chi connectivity index (χ3n) is 4.53. The predicted molar refractivity (Wildman–Crippen MR) is 113 cm³/mol. The number of nitrogens with zero attached hydrogens (tertiary/aromatic N) is 3. The van der Waals surface area contributed by atoms with Crippen molar-refractivity contribution in [1.29, 1.82) is 0 Å². The van der Waals surface area contributed by atoms with E-state index in [1.807, 2.05) is 54.6 Å². The van der Waals surface area contributed by atoms with Crippen molar-refractivity contribution < 1.29 is 14.3 Å². The average Bonchev–Trinajstić information content (AvgIpc) is 3.12. The molecule has 0 spiro atoms. The van der Waals surface area contributed by atoms with Crippen molar-refractivity contribution in [3.8, 4) is 17.1 Å². The summed E-state index contributed by atoms with van der Waals surface area (Å²) >= 11 is 5.37. The predicted octanol–water partition coefficient (Wildman–Crippen LogP) is 3.29. The summed E-state index contributed by atoms with van der Waals surface area (Å²) in [5, 5.41) is 7.10. The van der Waals surface area contributed by atoms with Crippen LogP contribution in [0.25, 0.3) is 11.4 Å². The van der Waals surface area contributed by atoms with Crippen molar-refractivity contribution in [2.24, 2.45) is 0 Å². The number of rotatable bonds is 9. The van der Waals surface area contributed by atoms with Gasteiger partial charge in [-0.25, -0.2) is 0 Å². The molecule has 0 atom stereocenters. The van der Waals surface area contributed by atoms with Crippen LogP contribution < -0.4 is 4.74 Å². The van der Waals surface area contributed by atoms with Gasteiger partial charge in [0.15, 0.2) is 10.6 Å². The molecule has 1 aromatic heterocycles. The van der Waals surface area contributed by atoms with Crippen LogP contribution in [0, 0.1) is 4.77 Å². The molecule has 0 aliphatic rings. The molecule has 0 saturated heterocycles. The van der Waals surface area contributed by atoms with Crippen LogP contribution in [-0.2, 0) is 22.6 Å². The van der Waals surface area contributed by atoms with Gasteiger partial charge in [0.2, 0.25) is 5.91 Å². The number of aromatic nitrogens is 3. The quantitative estimate of drug-likeness (QED) is 0.546. The molecule has 2 aromatic carbocycles. The third kappa shape index (κ3) is 5.30. The molecule has 0 bridgehead atoms. The molecule has 0 aliphatic carbocycles. The molecule has 3 rings (SSSR count). The third-order valence-corrected chi connectivity index (χ3v) is 4.85. The minimum atomic E-state index is -0.0573. The van der Waals surface area contributed by atoms with E-state index in [9.17, 15) is 4.79 Å². The number of H-pyrrole nitrogens is 1. The first-order valence-electron chi connectivity index (χ1n) is 9.22. The van der Waals surface area contributed by atoms with Crippen molar-refractivity contribution in [2.45, 2.75) is 13.1 Å². The molecule has 1 heterocycles.